The van der Waals surface area contributed by atoms with Crippen LogP contribution < -0.4 is 4.90 Å². The lowest BCUT2D eigenvalue weighted by molar-refractivity contribution is -0.137. The molecule has 6 nitrogen and oxygen atoms in total. The summed E-state index contributed by atoms with van der Waals surface area (Å²) < 4.78 is 41.0. The fourth-order valence-electron chi connectivity index (χ4n) is 3.85. The number of aromatic nitrogens is 4. The molecule has 0 fully saturated rings. The molecule has 0 aliphatic heterocycles. The number of halogens is 4. The summed E-state index contributed by atoms with van der Waals surface area (Å²) in [6, 6.07) is 17.6. The summed E-state index contributed by atoms with van der Waals surface area (Å²) in [5.41, 5.74) is 1.58. The van der Waals surface area contributed by atoms with Crippen LogP contribution in [-0.2, 0) is 6.18 Å². The van der Waals surface area contributed by atoms with Gasteiger partial charge in [0, 0.05) is 23.1 Å². The molecule has 0 aliphatic rings. The van der Waals surface area contributed by atoms with Crippen LogP contribution >= 0.6 is 11.6 Å². The maximum Gasteiger partial charge on any atom is 0.416 e. The molecule has 2 aromatic heterocycles. The standard InChI is InChI=1S/C24H14ClF3N6/c1-33(22-20-8-6-17(25)11-21(20)34-13-30-32-23(34)31-22)18-4-2-3-14(10-18)19-7-5-16(24(26,27)28)9-15(19)12-29/h2-11,13H,1H3. The van der Waals surface area contributed by atoms with Crippen LogP contribution in [0.3, 0.4) is 0 Å². The van der Waals surface area contributed by atoms with Crippen molar-refractivity contribution in [3.8, 4) is 17.2 Å². The molecule has 5 aromatic rings. The van der Waals surface area contributed by atoms with Crippen molar-refractivity contribution in [2.45, 2.75) is 6.18 Å². The molecule has 0 spiro atoms. The van der Waals surface area contributed by atoms with E-state index in [0.29, 0.717) is 33.4 Å². The molecule has 0 amide bonds. The van der Waals surface area contributed by atoms with Gasteiger partial charge >= 0.3 is 6.18 Å². The van der Waals surface area contributed by atoms with Gasteiger partial charge in [-0.25, -0.2) is 0 Å². The van der Waals surface area contributed by atoms with Gasteiger partial charge < -0.3 is 4.90 Å². The van der Waals surface area contributed by atoms with Gasteiger partial charge in [0.25, 0.3) is 5.78 Å². The third-order valence-corrected chi connectivity index (χ3v) is 5.76. The first-order chi connectivity index (χ1) is 16.3. The average Bonchev–Trinajstić information content (AvgIpc) is 3.31. The Morgan fingerprint density at radius 3 is 2.65 bits per heavy atom. The summed E-state index contributed by atoms with van der Waals surface area (Å²) in [6.07, 6.45) is -2.97. The zero-order chi connectivity index (χ0) is 24.0. The van der Waals surface area contributed by atoms with E-state index in [1.54, 1.807) is 41.1 Å². The van der Waals surface area contributed by atoms with Gasteiger partial charge in [-0.05, 0) is 53.6 Å². The number of nitrogens with zero attached hydrogens (tertiary/aromatic N) is 6. The van der Waals surface area contributed by atoms with E-state index in [0.717, 1.165) is 23.0 Å². The number of benzene rings is 3. The van der Waals surface area contributed by atoms with E-state index in [4.69, 9.17) is 11.6 Å². The zero-order valence-corrected chi connectivity index (χ0v) is 18.3. The van der Waals surface area contributed by atoms with Crippen LogP contribution in [0.2, 0.25) is 5.02 Å². The number of anilines is 2. The second-order valence-corrected chi connectivity index (χ2v) is 8.01. The van der Waals surface area contributed by atoms with Crippen molar-refractivity contribution in [1.29, 1.82) is 5.26 Å². The third-order valence-electron chi connectivity index (χ3n) is 5.53. The van der Waals surface area contributed by atoms with E-state index < -0.39 is 11.7 Å². The van der Waals surface area contributed by atoms with Gasteiger partial charge in [0.2, 0.25) is 0 Å². The maximum atomic E-state index is 13.1. The Kier molecular flexibility index (Phi) is 5.10. The minimum Gasteiger partial charge on any atom is -0.329 e. The van der Waals surface area contributed by atoms with Gasteiger partial charge in [0.1, 0.15) is 12.1 Å². The van der Waals surface area contributed by atoms with Crippen molar-refractivity contribution >= 4 is 39.8 Å². The Balaban J connectivity index is 1.62. The third kappa shape index (κ3) is 3.68. The topological polar surface area (TPSA) is 70.1 Å². The zero-order valence-electron chi connectivity index (χ0n) is 17.5. The van der Waals surface area contributed by atoms with Gasteiger partial charge in [-0.1, -0.05) is 29.8 Å². The number of nitriles is 1. The molecule has 0 N–H and O–H groups in total. The van der Waals surface area contributed by atoms with Crippen molar-refractivity contribution in [2.75, 3.05) is 11.9 Å². The molecule has 0 saturated heterocycles. The SMILES string of the molecule is CN(c1cccc(-c2ccc(C(F)(F)F)cc2C#N)c1)c1nc2nncn2c2cc(Cl)ccc12. The van der Waals surface area contributed by atoms with Gasteiger partial charge in [-0.15, -0.1) is 10.2 Å². The smallest absolute Gasteiger partial charge is 0.329 e. The predicted octanol–water partition coefficient (Wildman–Crippen LogP) is 6.26. The molecule has 0 aliphatic carbocycles. The van der Waals surface area contributed by atoms with Gasteiger partial charge in [-0.2, -0.15) is 23.4 Å². The fourth-order valence-corrected chi connectivity index (χ4v) is 4.01. The first-order valence-corrected chi connectivity index (χ1v) is 10.4. The molecule has 34 heavy (non-hydrogen) atoms. The highest BCUT2D eigenvalue weighted by molar-refractivity contribution is 6.31. The molecule has 0 unspecified atom stereocenters. The summed E-state index contributed by atoms with van der Waals surface area (Å²) in [5, 5.41) is 18.8. The Labute approximate surface area is 196 Å². The number of hydrogen-bond acceptors (Lipinski definition) is 5. The number of rotatable bonds is 3. The first kappa shape index (κ1) is 21.7. The number of fused-ring (bicyclic) bond motifs is 3. The second kappa shape index (κ2) is 8.01. The van der Waals surface area contributed by atoms with Crippen LogP contribution in [0.15, 0.2) is 67.0 Å². The normalized spacial score (nSPS) is 11.6. The average molecular weight is 479 g/mol. The Morgan fingerprint density at radius 2 is 1.88 bits per heavy atom. The van der Waals surface area contributed by atoms with Crippen LogP contribution in [0.25, 0.3) is 27.8 Å². The molecule has 2 heterocycles. The minimum atomic E-state index is -4.53. The summed E-state index contributed by atoms with van der Waals surface area (Å²) in [4.78, 5) is 6.48. The molecule has 5 rings (SSSR count). The van der Waals surface area contributed by atoms with Crippen LogP contribution in [0.5, 0.6) is 0 Å². The predicted molar refractivity (Wildman–Crippen MR) is 123 cm³/mol. The largest absolute Gasteiger partial charge is 0.416 e. The lowest BCUT2D eigenvalue weighted by atomic mass is 9.97. The highest BCUT2D eigenvalue weighted by Crippen LogP contribution is 2.36. The van der Waals surface area contributed by atoms with Crippen molar-refractivity contribution < 1.29 is 13.2 Å². The first-order valence-electron chi connectivity index (χ1n) is 10.0. The van der Waals surface area contributed by atoms with E-state index in [-0.39, 0.29) is 5.56 Å². The van der Waals surface area contributed by atoms with E-state index in [2.05, 4.69) is 15.2 Å². The lowest BCUT2D eigenvalue weighted by Crippen LogP contribution is -2.13. The quantitative estimate of drug-likeness (QED) is 0.306. The highest BCUT2D eigenvalue weighted by Gasteiger charge is 2.31. The summed E-state index contributed by atoms with van der Waals surface area (Å²) >= 11 is 6.21. The monoisotopic (exact) mass is 478 g/mol. The fraction of sp³-hybridized carbons (Fsp3) is 0.0833. The maximum absolute atomic E-state index is 13.1. The van der Waals surface area contributed by atoms with Crippen LogP contribution in [0, 0.1) is 11.3 Å². The Bertz CT molecular complexity index is 1600. The number of alkyl halides is 3. The molecular weight excluding hydrogens is 465 g/mol. The van der Waals surface area contributed by atoms with Crippen molar-refractivity contribution in [2.24, 2.45) is 0 Å². The summed E-state index contributed by atoms with van der Waals surface area (Å²) in [6.45, 7) is 0. The highest BCUT2D eigenvalue weighted by atomic mass is 35.5. The van der Waals surface area contributed by atoms with E-state index in [9.17, 15) is 18.4 Å². The van der Waals surface area contributed by atoms with Crippen molar-refractivity contribution in [3.63, 3.8) is 0 Å². The van der Waals surface area contributed by atoms with Crippen molar-refractivity contribution in [1.82, 2.24) is 19.6 Å². The molecule has 0 radical (unpaired) electrons. The van der Waals surface area contributed by atoms with E-state index >= 15 is 0 Å². The molecule has 0 atom stereocenters. The van der Waals surface area contributed by atoms with Crippen molar-refractivity contribution in [3.05, 3.63) is 83.1 Å². The van der Waals surface area contributed by atoms with Crippen LogP contribution in [0.1, 0.15) is 11.1 Å². The molecule has 168 valence electrons. The van der Waals surface area contributed by atoms with Gasteiger partial charge in [0.05, 0.1) is 22.7 Å². The lowest BCUT2D eigenvalue weighted by Gasteiger charge is -2.21. The van der Waals surface area contributed by atoms with Crippen LogP contribution in [0.4, 0.5) is 24.7 Å². The summed E-state index contributed by atoms with van der Waals surface area (Å²) in [7, 11) is 1.82. The van der Waals surface area contributed by atoms with E-state index in [1.165, 1.54) is 6.07 Å². The second-order valence-electron chi connectivity index (χ2n) is 7.58. The Morgan fingerprint density at radius 1 is 1.06 bits per heavy atom. The van der Waals surface area contributed by atoms with Crippen LogP contribution in [-0.4, -0.2) is 26.6 Å². The molecule has 0 saturated carbocycles. The molecule has 3 aromatic carbocycles. The molecule has 0 bridgehead atoms. The van der Waals surface area contributed by atoms with E-state index in [1.807, 2.05) is 30.1 Å². The Hall–Kier alpha value is -4.16. The number of hydrogen-bond donors (Lipinski definition) is 0. The molecular formula is C24H14ClF3N6. The summed E-state index contributed by atoms with van der Waals surface area (Å²) in [5.74, 6) is 0.986. The molecule has 10 heteroatoms. The van der Waals surface area contributed by atoms with Gasteiger partial charge in [-0.3, -0.25) is 4.40 Å². The van der Waals surface area contributed by atoms with Gasteiger partial charge in [0.15, 0.2) is 0 Å². The minimum absolute atomic E-state index is 0.0577.